The van der Waals surface area contributed by atoms with Gasteiger partial charge >= 0.3 is 0 Å². The number of carbonyl (C=O) groups is 2. The molecule has 0 radical (unpaired) electrons. The Labute approximate surface area is 139 Å². The number of nitrogens with one attached hydrogen (secondary N) is 1. The van der Waals surface area contributed by atoms with Gasteiger partial charge in [-0.2, -0.15) is 0 Å². The van der Waals surface area contributed by atoms with Crippen LogP contribution in [0.1, 0.15) is 53.5 Å². The Morgan fingerprint density at radius 2 is 1.74 bits per heavy atom. The van der Waals surface area contributed by atoms with Crippen LogP contribution in [0.25, 0.3) is 0 Å². The van der Waals surface area contributed by atoms with Gasteiger partial charge in [-0.05, 0) is 37.8 Å². The van der Waals surface area contributed by atoms with Gasteiger partial charge in [0.15, 0.2) is 0 Å². The third-order valence-corrected chi connectivity index (χ3v) is 4.00. The average molecular weight is 316 g/mol. The van der Waals surface area contributed by atoms with Crippen LogP contribution in [0.4, 0.5) is 5.69 Å². The number of hydrogen-bond acceptors (Lipinski definition) is 2. The summed E-state index contributed by atoms with van der Waals surface area (Å²) in [5.74, 6) is -0.299. The van der Waals surface area contributed by atoms with Crippen molar-refractivity contribution in [2.45, 2.75) is 58.9 Å². The molecule has 1 aliphatic rings. The van der Waals surface area contributed by atoms with Gasteiger partial charge in [-0.15, -0.1) is 0 Å². The summed E-state index contributed by atoms with van der Waals surface area (Å²) in [5, 5.41) is 2.98. The van der Waals surface area contributed by atoms with E-state index in [9.17, 15) is 9.59 Å². The van der Waals surface area contributed by atoms with Crippen LogP contribution in [-0.2, 0) is 15.0 Å². The molecule has 0 aromatic heterocycles. The van der Waals surface area contributed by atoms with Crippen molar-refractivity contribution in [2.75, 3.05) is 11.4 Å². The molecular formula is C19H28N2O2. The molecule has 1 unspecified atom stereocenters. The molecule has 1 saturated heterocycles. The van der Waals surface area contributed by atoms with E-state index in [4.69, 9.17) is 0 Å². The molecule has 0 spiro atoms. The zero-order valence-corrected chi connectivity index (χ0v) is 15.1. The number of rotatable bonds is 2. The fraction of sp³-hybridized carbons (Fsp3) is 0.579. The summed E-state index contributed by atoms with van der Waals surface area (Å²) in [5.41, 5.74) is 1.72. The van der Waals surface area contributed by atoms with Crippen LogP contribution in [0.5, 0.6) is 0 Å². The fourth-order valence-electron chi connectivity index (χ4n) is 2.93. The van der Waals surface area contributed by atoms with E-state index in [0.717, 1.165) is 11.3 Å². The van der Waals surface area contributed by atoms with E-state index in [-0.39, 0.29) is 35.1 Å². The van der Waals surface area contributed by atoms with Gasteiger partial charge in [0.25, 0.3) is 0 Å². The van der Waals surface area contributed by atoms with Gasteiger partial charge in [0.05, 0.1) is 5.92 Å². The summed E-state index contributed by atoms with van der Waals surface area (Å²) in [6.45, 7) is 12.7. The zero-order valence-electron chi connectivity index (χ0n) is 15.1. The van der Waals surface area contributed by atoms with Crippen molar-refractivity contribution in [3.05, 3.63) is 29.8 Å². The molecule has 2 rings (SSSR count). The Hall–Kier alpha value is -1.84. The van der Waals surface area contributed by atoms with Crippen molar-refractivity contribution < 1.29 is 9.59 Å². The molecule has 1 aromatic carbocycles. The van der Waals surface area contributed by atoms with Crippen molar-refractivity contribution in [1.82, 2.24) is 5.32 Å². The number of carbonyl (C=O) groups excluding carboxylic acids is 2. The van der Waals surface area contributed by atoms with E-state index in [2.05, 4.69) is 32.2 Å². The first-order chi connectivity index (χ1) is 10.5. The third kappa shape index (κ3) is 4.12. The van der Waals surface area contributed by atoms with E-state index in [1.165, 1.54) is 0 Å². The molecule has 4 heteroatoms. The SMILES string of the molecule is CC(C)(C)NC(=O)C1CC(=O)N(c2ccccc2C(C)(C)C)C1. The van der Waals surface area contributed by atoms with Gasteiger partial charge in [-0.3, -0.25) is 9.59 Å². The number of hydrogen-bond donors (Lipinski definition) is 1. The highest BCUT2D eigenvalue weighted by molar-refractivity contribution is 6.01. The Kier molecular flexibility index (Phi) is 4.56. The standard InChI is InChI=1S/C19H28N2O2/c1-18(2,3)14-9-7-8-10-15(14)21-12-13(11-16(21)22)17(23)20-19(4,5)6/h7-10,13H,11-12H2,1-6H3,(H,20,23). The Morgan fingerprint density at radius 3 is 2.30 bits per heavy atom. The van der Waals surface area contributed by atoms with Crippen molar-refractivity contribution >= 4 is 17.5 Å². The minimum Gasteiger partial charge on any atom is -0.351 e. The number of anilines is 1. The van der Waals surface area contributed by atoms with Crippen LogP contribution in [0.2, 0.25) is 0 Å². The minimum absolute atomic E-state index is 0.0239. The second kappa shape index (κ2) is 5.99. The van der Waals surface area contributed by atoms with Crippen LogP contribution < -0.4 is 10.2 Å². The molecule has 4 nitrogen and oxygen atoms in total. The molecule has 1 aliphatic heterocycles. The molecule has 1 atom stereocenters. The highest BCUT2D eigenvalue weighted by atomic mass is 16.2. The Balaban J connectivity index is 2.24. The second-order valence-corrected chi connectivity index (χ2v) is 8.41. The lowest BCUT2D eigenvalue weighted by Crippen LogP contribution is -2.44. The van der Waals surface area contributed by atoms with E-state index in [1.807, 2.05) is 39.0 Å². The lowest BCUT2D eigenvalue weighted by molar-refractivity contribution is -0.127. The molecule has 0 saturated carbocycles. The van der Waals surface area contributed by atoms with E-state index in [1.54, 1.807) is 4.90 Å². The van der Waals surface area contributed by atoms with E-state index < -0.39 is 0 Å². The lowest BCUT2D eigenvalue weighted by atomic mass is 9.85. The van der Waals surface area contributed by atoms with Gasteiger partial charge in [0.1, 0.15) is 0 Å². The zero-order chi connectivity index (χ0) is 17.4. The fourth-order valence-corrected chi connectivity index (χ4v) is 2.93. The molecular weight excluding hydrogens is 288 g/mol. The van der Waals surface area contributed by atoms with Crippen LogP contribution in [0.15, 0.2) is 24.3 Å². The summed E-state index contributed by atoms with van der Waals surface area (Å²) < 4.78 is 0. The second-order valence-electron chi connectivity index (χ2n) is 8.41. The molecule has 126 valence electrons. The normalized spacial score (nSPS) is 19.1. The van der Waals surface area contributed by atoms with Gasteiger partial charge in [0.2, 0.25) is 11.8 Å². The topological polar surface area (TPSA) is 49.4 Å². The molecule has 1 heterocycles. The third-order valence-electron chi connectivity index (χ3n) is 4.00. The van der Waals surface area contributed by atoms with Crippen molar-refractivity contribution in [3.8, 4) is 0 Å². The summed E-state index contributed by atoms with van der Waals surface area (Å²) in [4.78, 5) is 26.6. The maximum absolute atomic E-state index is 12.5. The molecule has 1 fully saturated rings. The highest BCUT2D eigenvalue weighted by Crippen LogP contribution is 2.35. The molecule has 2 amide bonds. The maximum atomic E-state index is 12.5. The van der Waals surface area contributed by atoms with Crippen LogP contribution in [0.3, 0.4) is 0 Å². The first kappa shape index (κ1) is 17.5. The average Bonchev–Trinajstić information content (AvgIpc) is 2.78. The van der Waals surface area contributed by atoms with Crippen LogP contribution in [-0.4, -0.2) is 23.9 Å². The van der Waals surface area contributed by atoms with Crippen LogP contribution >= 0.6 is 0 Å². The number of nitrogens with zero attached hydrogens (tertiary/aromatic N) is 1. The van der Waals surface area contributed by atoms with Crippen molar-refractivity contribution in [3.63, 3.8) is 0 Å². The van der Waals surface area contributed by atoms with E-state index >= 15 is 0 Å². The van der Waals surface area contributed by atoms with Crippen LogP contribution in [0, 0.1) is 5.92 Å². The first-order valence-electron chi connectivity index (χ1n) is 8.21. The largest absolute Gasteiger partial charge is 0.351 e. The van der Waals surface area contributed by atoms with E-state index in [0.29, 0.717) is 6.54 Å². The lowest BCUT2D eigenvalue weighted by Gasteiger charge is -2.28. The number of para-hydroxylation sites is 1. The molecule has 0 aliphatic carbocycles. The van der Waals surface area contributed by atoms with Crippen molar-refractivity contribution in [2.24, 2.45) is 5.92 Å². The summed E-state index contributed by atoms with van der Waals surface area (Å²) in [6, 6.07) is 7.97. The maximum Gasteiger partial charge on any atom is 0.227 e. The molecule has 23 heavy (non-hydrogen) atoms. The molecule has 1 aromatic rings. The summed E-state index contributed by atoms with van der Waals surface area (Å²) in [7, 11) is 0. The monoisotopic (exact) mass is 316 g/mol. The Bertz CT molecular complexity index is 609. The Morgan fingerprint density at radius 1 is 1.13 bits per heavy atom. The van der Waals surface area contributed by atoms with Gasteiger partial charge in [0, 0.05) is 24.2 Å². The quantitative estimate of drug-likeness (QED) is 0.910. The van der Waals surface area contributed by atoms with Gasteiger partial charge in [-0.1, -0.05) is 39.0 Å². The van der Waals surface area contributed by atoms with Crippen molar-refractivity contribution in [1.29, 1.82) is 0 Å². The number of amides is 2. The predicted molar refractivity (Wildman–Crippen MR) is 93.5 cm³/mol. The summed E-state index contributed by atoms with van der Waals surface area (Å²) in [6.07, 6.45) is 0.278. The number of benzene rings is 1. The van der Waals surface area contributed by atoms with Gasteiger partial charge in [-0.25, -0.2) is 0 Å². The summed E-state index contributed by atoms with van der Waals surface area (Å²) >= 11 is 0. The minimum atomic E-state index is -0.283. The molecule has 1 N–H and O–H groups in total. The predicted octanol–water partition coefficient (Wildman–Crippen LogP) is 3.25. The molecule has 0 bridgehead atoms. The smallest absolute Gasteiger partial charge is 0.227 e. The van der Waals surface area contributed by atoms with Gasteiger partial charge < -0.3 is 10.2 Å². The first-order valence-corrected chi connectivity index (χ1v) is 8.21. The highest BCUT2D eigenvalue weighted by Gasteiger charge is 2.37.